The molecular formula is C26H52N2O3. The number of hydrogen-bond donors (Lipinski definition) is 1. The Hall–Kier alpha value is -1.10. The van der Waals surface area contributed by atoms with E-state index >= 15 is 0 Å². The highest BCUT2D eigenvalue weighted by Crippen LogP contribution is 2.15. The second-order valence-corrected chi connectivity index (χ2v) is 8.97. The van der Waals surface area contributed by atoms with Crippen LogP contribution in [0.25, 0.3) is 0 Å². The van der Waals surface area contributed by atoms with Gasteiger partial charge in [-0.2, -0.15) is 0 Å². The maximum absolute atomic E-state index is 10.4. The van der Waals surface area contributed by atoms with Gasteiger partial charge < -0.3 is 15.0 Å². The van der Waals surface area contributed by atoms with E-state index in [1.54, 1.807) is 0 Å². The minimum absolute atomic E-state index is 0.513. The fraction of sp³-hybridized carbons (Fsp3) is 0.923. The topological polar surface area (TPSA) is 58.6 Å². The standard InChI is InChI=1S/C26H52N2O3/c1-3-5-6-7-8-9-10-11-12-13-14-15-20-28(21-16-23-31-25-30)22-18-26(4-2)17-19-27-24-29/h24-26H,3-23H2,1-2H3,(H,27,29). The number of nitrogens with one attached hydrogen (secondary N) is 1. The molecule has 5 heteroatoms. The maximum atomic E-state index is 10.4. The highest BCUT2D eigenvalue weighted by molar-refractivity contribution is 5.45. The molecule has 0 fully saturated rings. The third-order valence-electron chi connectivity index (χ3n) is 6.34. The summed E-state index contributed by atoms with van der Waals surface area (Å²) in [5.41, 5.74) is 0. The average molecular weight is 441 g/mol. The first kappa shape index (κ1) is 29.9. The van der Waals surface area contributed by atoms with Crippen LogP contribution < -0.4 is 5.32 Å². The Morgan fingerprint density at radius 1 is 0.742 bits per heavy atom. The van der Waals surface area contributed by atoms with Gasteiger partial charge in [-0.05, 0) is 44.7 Å². The molecule has 1 atom stereocenters. The van der Waals surface area contributed by atoms with E-state index in [2.05, 4.69) is 24.1 Å². The van der Waals surface area contributed by atoms with Crippen LogP contribution >= 0.6 is 0 Å². The molecule has 0 saturated carbocycles. The van der Waals surface area contributed by atoms with Crippen molar-refractivity contribution in [3.05, 3.63) is 0 Å². The molecule has 0 heterocycles. The van der Waals surface area contributed by atoms with E-state index in [4.69, 9.17) is 4.74 Å². The monoisotopic (exact) mass is 440 g/mol. The van der Waals surface area contributed by atoms with E-state index in [1.807, 2.05) is 0 Å². The van der Waals surface area contributed by atoms with Crippen molar-refractivity contribution in [2.24, 2.45) is 5.92 Å². The first-order valence-corrected chi connectivity index (χ1v) is 13.2. The van der Waals surface area contributed by atoms with E-state index < -0.39 is 0 Å². The molecule has 0 aliphatic carbocycles. The maximum Gasteiger partial charge on any atom is 0.293 e. The molecule has 1 amide bonds. The predicted molar refractivity (Wildman–Crippen MR) is 131 cm³/mol. The lowest BCUT2D eigenvalue weighted by atomic mass is 9.98. The summed E-state index contributed by atoms with van der Waals surface area (Å²) in [6.45, 7) is 9.57. The molecule has 0 aliphatic rings. The number of carbonyl (C=O) groups excluding carboxylic acids is 2. The Labute approximate surface area is 193 Å². The van der Waals surface area contributed by atoms with Gasteiger partial charge in [-0.15, -0.1) is 0 Å². The SMILES string of the molecule is CCCCCCCCCCCCCCN(CCCOC=O)CCC(CC)CCNC=O. The molecule has 184 valence electrons. The second-order valence-electron chi connectivity index (χ2n) is 8.97. The van der Waals surface area contributed by atoms with Crippen LogP contribution in [0.5, 0.6) is 0 Å². The summed E-state index contributed by atoms with van der Waals surface area (Å²) in [7, 11) is 0. The lowest BCUT2D eigenvalue weighted by molar-refractivity contribution is -0.128. The van der Waals surface area contributed by atoms with Crippen LogP contribution in [0.15, 0.2) is 0 Å². The van der Waals surface area contributed by atoms with E-state index in [0.29, 0.717) is 19.0 Å². The van der Waals surface area contributed by atoms with Crippen LogP contribution in [0.2, 0.25) is 0 Å². The Bertz CT molecular complexity index is 380. The Kier molecular flexibility index (Phi) is 24.3. The van der Waals surface area contributed by atoms with Gasteiger partial charge in [0.1, 0.15) is 0 Å². The molecule has 31 heavy (non-hydrogen) atoms. The van der Waals surface area contributed by atoms with Crippen molar-refractivity contribution in [1.82, 2.24) is 10.2 Å². The zero-order valence-corrected chi connectivity index (χ0v) is 20.8. The molecule has 1 unspecified atom stereocenters. The fourth-order valence-corrected chi connectivity index (χ4v) is 4.20. The largest absolute Gasteiger partial charge is 0.468 e. The molecule has 0 saturated heterocycles. The van der Waals surface area contributed by atoms with Crippen molar-refractivity contribution in [1.29, 1.82) is 0 Å². The van der Waals surface area contributed by atoms with E-state index in [1.165, 1.54) is 83.5 Å². The van der Waals surface area contributed by atoms with E-state index in [-0.39, 0.29) is 0 Å². The lowest BCUT2D eigenvalue weighted by Gasteiger charge is -2.25. The first-order chi connectivity index (χ1) is 15.3. The molecule has 1 N–H and O–H groups in total. The lowest BCUT2D eigenvalue weighted by Crippen LogP contribution is -2.29. The zero-order chi connectivity index (χ0) is 22.8. The normalized spacial score (nSPS) is 12.1. The molecule has 0 bridgehead atoms. The summed E-state index contributed by atoms with van der Waals surface area (Å²) in [5.74, 6) is 0.656. The molecule has 0 rings (SSSR count). The van der Waals surface area contributed by atoms with Crippen LogP contribution in [0.1, 0.15) is 117 Å². The number of carbonyl (C=O) groups is 2. The summed E-state index contributed by atoms with van der Waals surface area (Å²) in [6.07, 6.45) is 21.6. The van der Waals surface area contributed by atoms with Gasteiger partial charge in [0.15, 0.2) is 0 Å². The molecule has 0 aromatic rings. The van der Waals surface area contributed by atoms with Crippen molar-refractivity contribution in [2.45, 2.75) is 117 Å². The van der Waals surface area contributed by atoms with Gasteiger partial charge in [-0.3, -0.25) is 9.59 Å². The van der Waals surface area contributed by atoms with E-state index in [9.17, 15) is 9.59 Å². The number of rotatable bonds is 26. The van der Waals surface area contributed by atoms with Crippen molar-refractivity contribution in [3.63, 3.8) is 0 Å². The summed E-state index contributed by atoms with van der Waals surface area (Å²) >= 11 is 0. The molecular weight excluding hydrogens is 388 g/mol. The Morgan fingerprint density at radius 2 is 1.32 bits per heavy atom. The third kappa shape index (κ3) is 21.9. The van der Waals surface area contributed by atoms with E-state index in [0.717, 1.165) is 51.9 Å². The molecule has 0 aromatic carbocycles. The quantitative estimate of drug-likeness (QED) is 0.130. The number of unbranched alkanes of at least 4 members (excludes halogenated alkanes) is 11. The molecule has 0 aromatic heterocycles. The van der Waals surface area contributed by atoms with Gasteiger partial charge in [-0.25, -0.2) is 0 Å². The van der Waals surface area contributed by atoms with Gasteiger partial charge in [-0.1, -0.05) is 90.9 Å². The number of ether oxygens (including phenoxy) is 1. The second kappa shape index (κ2) is 25.2. The smallest absolute Gasteiger partial charge is 0.293 e. The molecule has 0 spiro atoms. The van der Waals surface area contributed by atoms with Gasteiger partial charge in [0.2, 0.25) is 6.41 Å². The Balaban J connectivity index is 3.90. The van der Waals surface area contributed by atoms with Crippen LogP contribution in [0.3, 0.4) is 0 Å². The van der Waals surface area contributed by atoms with Gasteiger partial charge in [0, 0.05) is 13.1 Å². The van der Waals surface area contributed by atoms with Gasteiger partial charge in [0.25, 0.3) is 6.47 Å². The number of nitrogens with zero attached hydrogens (tertiary/aromatic N) is 1. The molecule has 0 aliphatic heterocycles. The predicted octanol–water partition coefficient (Wildman–Crippen LogP) is 6.11. The van der Waals surface area contributed by atoms with Gasteiger partial charge >= 0.3 is 0 Å². The summed E-state index contributed by atoms with van der Waals surface area (Å²) in [5, 5.41) is 2.78. The summed E-state index contributed by atoms with van der Waals surface area (Å²) in [6, 6.07) is 0. The number of hydrogen-bond acceptors (Lipinski definition) is 4. The average Bonchev–Trinajstić information content (AvgIpc) is 2.79. The Morgan fingerprint density at radius 3 is 1.87 bits per heavy atom. The minimum atomic E-state index is 0.513. The van der Waals surface area contributed by atoms with Crippen molar-refractivity contribution in [3.8, 4) is 0 Å². The molecule has 0 radical (unpaired) electrons. The highest BCUT2D eigenvalue weighted by atomic mass is 16.5. The van der Waals surface area contributed by atoms with Crippen molar-refractivity contribution in [2.75, 3.05) is 32.8 Å². The highest BCUT2D eigenvalue weighted by Gasteiger charge is 2.10. The number of amides is 1. The zero-order valence-electron chi connectivity index (χ0n) is 20.8. The fourth-order valence-electron chi connectivity index (χ4n) is 4.20. The molecule has 5 nitrogen and oxygen atoms in total. The van der Waals surface area contributed by atoms with Crippen LogP contribution in [-0.4, -0.2) is 50.6 Å². The van der Waals surface area contributed by atoms with Crippen molar-refractivity contribution >= 4 is 12.9 Å². The van der Waals surface area contributed by atoms with Crippen LogP contribution in [0.4, 0.5) is 0 Å². The minimum Gasteiger partial charge on any atom is -0.468 e. The summed E-state index contributed by atoms with van der Waals surface area (Å²) < 4.78 is 4.86. The van der Waals surface area contributed by atoms with Crippen LogP contribution in [-0.2, 0) is 14.3 Å². The van der Waals surface area contributed by atoms with Gasteiger partial charge in [0.05, 0.1) is 6.61 Å². The van der Waals surface area contributed by atoms with Crippen LogP contribution in [0, 0.1) is 5.92 Å². The third-order valence-corrected chi connectivity index (χ3v) is 6.34. The van der Waals surface area contributed by atoms with Crippen molar-refractivity contribution < 1.29 is 14.3 Å². The summed E-state index contributed by atoms with van der Waals surface area (Å²) in [4.78, 5) is 23.4. The first-order valence-electron chi connectivity index (χ1n) is 13.2.